The molecular weight excluding hydrogens is 276 g/mol. The van der Waals surface area contributed by atoms with Crippen LogP contribution in [0.1, 0.15) is 22.8 Å². The van der Waals surface area contributed by atoms with E-state index in [0.717, 1.165) is 17.1 Å². The van der Waals surface area contributed by atoms with Crippen LogP contribution in [-0.2, 0) is 14.3 Å². The van der Waals surface area contributed by atoms with Gasteiger partial charge in [-0.25, -0.2) is 9.59 Å². The first-order chi connectivity index (χ1) is 9.67. The van der Waals surface area contributed by atoms with Crippen molar-refractivity contribution >= 4 is 29.8 Å². The van der Waals surface area contributed by atoms with Crippen molar-refractivity contribution in [3.8, 4) is 0 Å². The van der Waals surface area contributed by atoms with Crippen molar-refractivity contribution < 1.29 is 19.1 Å². The molecule has 0 bridgehead atoms. The molecular formula is C15H18O4S. The highest BCUT2D eigenvalue weighted by Crippen LogP contribution is 2.07. The third-order valence-corrected chi connectivity index (χ3v) is 3.28. The number of rotatable bonds is 7. The Bertz CT molecular complexity index is 465. The second-order valence-corrected chi connectivity index (χ2v) is 5.21. The van der Waals surface area contributed by atoms with E-state index < -0.39 is 0 Å². The van der Waals surface area contributed by atoms with Gasteiger partial charge in [-0.2, -0.15) is 11.8 Å². The number of hydrogen-bond acceptors (Lipinski definition) is 5. The van der Waals surface area contributed by atoms with Crippen molar-refractivity contribution in [1.29, 1.82) is 0 Å². The summed E-state index contributed by atoms with van der Waals surface area (Å²) in [6.07, 6.45) is 3.03. The Balaban J connectivity index is 2.45. The molecule has 0 aromatic heterocycles. The van der Waals surface area contributed by atoms with Crippen molar-refractivity contribution in [2.24, 2.45) is 0 Å². The first-order valence-electron chi connectivity index (χ1n) is 6.28. The minimum Gasteiger partial charge on any atom is -0.465 e. The number of ether oxygens (including phenoxy) is 2. The maximum absolute atomic E-state index is 11.4. The molecule has 0 N–H and O–H groups in total. The van der Waals surface area contributed by atoms with Gasteiger partial charge in [-0.05, 0) is 29.5 Å². The predicted octanol–water partition coefficient (Wildman–Crippen LogP) is 2.78. The normalized spacial score (nSPS) is 10.5. The molecule has 1 rings (SSSR count). The smallest absolute Gasteiger partial charge is 0.337 e. The Morgan fingerprint density at radius 3 is 2.55 bits per heavy atom. The molecule has 0 aliphatic heterocycles. The van der Waals surface area contributed by atoms with E-state index in [1.165, 1.54) is 13.2 Å². The molecule has 0 radical (unpaired) electrons. The molecule has 0 saturated carbocycles. The maximum Gasteiger partial charge on any atom is 0.337 e. The molecule has 0 aliphatic carbocycles. The van der Waals surface area contributed by atoms with Gasteiger partial charge in [0.15, 0.2) is 0 Å². The highest BCUT2D eigenvalue weighted by molar-refractivity contribution is 7.99. The molecule has 0 spiro atoms. The lowest BCUT2D eigenvalue weighted by molar-refractivity contribution is -0.137. The number of methoxy groups -OCH3 is 1. The molecule has 0 heterocycles. The van der Waals surface area contributed by atoms with Gasteiger partial charge in [0.2, 0.25) is 0 Å². The lowest BCUT2D eigenvalue weighted by Gasteiger charge is -2.01. The van der Waals surface area contributed by atoms with E-state index >= 15 is 0 Å². The topological polar surface area (TPSA) is 52.6 Å². The van der Waals surface area contributed by atoms with E-state index in [4.69, 9.17) is 4.74 Å². The van der Waals surface area contributed by atoms with Crippen LogP contribution >= 0.6 is 11.8 Å². The Kier molecular flexibility index (Phi) is 7.50. The highest BCUT2D eigenvalue weighted by Gasteiger charge is 2.03. The molecule has 0 amide bonds. The van der Waals surface area contributed by atoms with Crippen LogP contribution in [0.5, 0.6) is 0 Å². The number of thioether (sulfide) groups is 1. The third-order valence-electron chi connectivity index (χ3n) is 2.42. The zero-order chi connectivity index (χ0) is 14.8. The summed E-state index contributed by atoms with van der Waals surface area (Å²) in [4.78, 5) is 22.7. The van der Waals surface area contributed by atoms with Crippen LogP contribution in [-0.4, -0.2) is 37.2 Å². The molecule has 0 atom stereocenters. The average molecular weight is 294 g/mol. The zero-order valence-corrected chi connectivity index (χ0v) is 12.4. The third kappa shape index (κ3) is 5.93. The molecule has 0 aliphatic rings. The SMILES string of the molecule is CCSCCOC(=O)/C=C/c1ccc(C(=O)OC)cc1. The summed E-state index contributed by atoms with van der Waals surface area (Å²) in [6, 6.07) is 6.77. The predicted molar refractivity (Wildman–Crippen MR) is 80.8 cm³/mol. The molecule has 20 heavy (non-hydrogen) atoms. The number of benzene rings is 1. The Labute approximate surface area is 123 Å². The quantitative estimate of drug-likeness (QED) is 0.440. The minimum atomic E-state index is -0.381. The van der Waals surface area contributed by atoms with Gasteiger partial charge in [0.05, 0.1) is 12.7 Å². The Morgan fingerprint density at radius 1 is 1.25 bits per heavy atom. The average Bonchev–Trinajstić information content (AvgIpc) is 2.49. The van der Waals surface area contributed by atoms with Crippen molar-refractivity contribution in [3.05, 3.63) is 41.5 Å². The number of carbonyl (C=O) groups excluding carboxylic acids is 2. The summed E-state index contributed by atoms with van der Waals surface area (Å²) in [5.41, 5.74) is 1.29. The molecule has 108 valence electrons. The van der Waals surface area contributed by atoms with Crippen molar-refractivity contribution in [2.75, 3.05) is 25.2 Å². The van der Waals surface area contributed by atoms with Crippen LogP contribution in [0.3, 0.4) is 0 Å². The summed E-state index contributed by atoms with van der Waals surface area (Å²) >= 11 is 1.73. The molecule has 4 nitrogen and oxygen atoms in total. The van der Waals surface area contributed by atoms with Gasteiger partial charge in [0.25, 0.3) is 0 Å². The first-order valence-corrected chi connectivity index (χ1v) is 7.43. The van der Waals surface area contributed by atoms with Crippen molar-refractivity contribution in [1.82, 2.24) is 0 Å². The molecule has 0 unspecified atom stereocenters. The van der Waals surface area contributed by atoms with Crippen molar-refractivity contribution in [3.63, 3.8) is 0 Å². The lowest BCUT2D eigenvalue weighted by Crippen LogP contribution is -2.04. The Morgan fingerprint density at radius 2 is 1.95 bits per heavy atom. The van der Waals surface area contributed by atoms with Crippen LogP contribution in [0, 0.1) is 0 Å². The van der Waals surface area contributed by atoms with E-state index in [0.29, 0.717) is 12.2 Å². The Hall–Kier alpha value is -1.75. The summed E-state index contributed by atoms with van der Waals surface area (Å²) in [5, 5.41) is 0. The fourth-order valence-electron chi connectivity index (χ4n) is 1.41. The zero-order valence-electron chi connectivity index (χ0n) is 11.6. The second-order valence-electron chi connectivity index (χ2n) is 3.81. The molecule has 1 aromatic carbocycles. The van der Waals surface area contributed by atoms with Gasteiger partial charge in [-0.1, -0.05) is 19.1 Å². The molecule has 5 heteroatoms. The fraction of sp³-hybridized carbons (Fsp3) is 0.333. The molecule has 1 aromatic rings. The minimum absolute atomic E-state index is 0.362. The van der Waals surface area contributed by atoms with E-state index in [2.05, 4.69) is 11.7 Å². The standard InChI is InChI=1S/C15H18O4S/c1-3-20-11-10-19-14(16)9-6-12-4-7-13(8-5-12)15(17)18-2/h4-9H,3,10-11H2,1-2H3/b9-6+. The van der Waals surface area contributed by atoms with E-state index in [1.54, 1.807) is 42.1 Å². The largest absolute Gasteiger partial charge is 0.465 e. The van der Waals surface area contributed by atoms with Gasteiger partial charge in [0, 0.05) is 11.8 Å². The molecule has 0 fully saturated rings. The first kappa shape index (κ1) is 16.3. The summed E-state index contributed by atoms with van der Waals surface area (Å²) in [7, 11) is 1.34. The van der Waals surface area contributed by atoms with Crippen LogP contribution in [0.2, 0.25) is 0 Å². The van der Waals surface area contributed by atoms with Gasteiger partial charge >= 0.3 is 11.9 Å². The monoisotopic (exact) mass is 294 g/mol. The van der Waals surface area contributed by atoms with Crippen LogP contribution < -0.4 is 0 Å². The van der Waals surface area contributed by atoms with Crippen molar-refractivity contribution in [2.45, 2.75) is 6.92 Å². The van der Waals surface area contributed by atoms with Gasteiger partial charge in [-0.3, -0.25) is 0 Å². The van der Waals surface area contributed by atoms with Gasteiger partial charge < -0.3 is 9.47 Å². The second kappa shape index (κ2) is 9.20. The van der Waals surface area contributed by atoms with Crippen LogP contribution in [0.25, 0.3) is 6.08 Å². The lowest BCUT2D eigenvalue weighted by atomic mass is 10.1. The van der Waals surface area contributed by atoms with E-state index in [1.807, 2.05) is 0 Å². The number of carbonyl (C=O) groups is 2. The maximum atomic E-state index is 11.4. The summed E-state index contributed by atoms with van der Waals surface area (Å²) in [5.74, 6) is 1.08. The van der Waals surface area contributed by atoms with Gasteiger partial charge in [-0.15, -0.1) is 0 Å². The van der Waals surface area contributed by atoms with E-state index in [-0.39, 0.29) is 11.9 Å². The van der Waals surface area contributed by atoms with Gasteiger partial charge in [0.1, 0.15) is 6.61 Å². The van der Waals surface area contributed by atoms with Crippen LogP contribution in [0.4, 0.5) is 0 Å². The number of esters is 2. The highest BCUT2D eigenvalue weighted by atomic mass is 32.2. The summed E-state index contributed by atoms with van der Waals surface area (Å²) < 4.78 is 9.63. The van der Waals surface area contributed by atoms with E-state index in [9.17, 15) is 9.59 Å². The fourth-order valence-corrected chi connectivity index (χ4v) is 1.90. The molecule has 0 saturated heterocycles. The van der Waals surface area contributed by atoms with Crippen LogP contribution in [0.15, 0.2) is 30.3 Å². The summed E-state index contributed by atoms with van der Waals surface area (Å²) in [6.45, 7) is 2.48. The number of hydrogen-bond donors (Lipinski definition) is 0.